The smallest absolute Gasteiger partial charge is 0.307 e. The number of esters is 1. The van der Waals surface area contributed by atoms with Crippen molar-refractivity contribution in [1.29, 1.82) is 0 Å². The van der Waals surface area contributed by atoms with Crippen molar-refractivity contribution in [2.45, 2.75) is 90.1 Å². The summed E-state index contributed by atoms with van der Waals surface area (Å²) in [5.41, 5.74) is 0.306. The Morgan fingerprint density at radius 2 is 2.07 bits per heavy atom. The first-order valence-electron chi connectivity index (χ1n) is 10.9. The van der Waals surface area contributed by atoms with E-state index in [0.717, 1.165) is 24.3 Å². The number of hydrogen-bond donors (Lipinski definition) is 0. The van der Waals surface area contributed by atoms with Crippen LogP contribution < -0.4 is 0 Å². The monoisotopic (exact) mass is 399 g/mol. The maximum absolute atomic E-state index is 12.5. The molecule has 2 heterocycles. The lowest BCUT2D eigenvalue weighted by molar-refractivity contribution is -0.155. The van der Waals surface area contributed by atoms with Crippen LogP contribution in [-0.2, 0) is 9.53 Å². The summed E-state index contributed by atoms with van der Waals surface area (Å²) >= 11 is 0. The van der Waals surface area contributed by atoms with Gasteiger partial charge in [-0.15, -0.1) is 0 Å². The third-order valence-electron chi connectivity index (χ3n) is 5.43. The van der Waals surface area contributed by atoms with Gasteiger partial charge in [0, 0.05) is 23.9 Å². The molecule has 0 radical (unpaired) electrons. The van der Waals surface area contributed by atoms with Gasteiger partial charge < -0.3 is 9.26 Å². The molecule has 1 saturated carbocycles. The number of aromatic nitrogens is 3. The van der Waals surface area contributed by atoms with Gasteiger partial charge in [0.1, 0.15) is 5.60 Å². The molecule has 2 aromatic rings. The number of pyridine rings is 1. The largest absolute Gasteiger partial charge is 0.460 e. The number of rotatable bonds is 8. The highest BCUT2D eigenvalue weighted by molar-refractivity contribution is 5.70. The second kappa shape index (κ2) is 9.99. The molecule has 0 spiro atoms. The topological polar surface area (TPSA) is 78.1 Å². The second-order valence-electron chi connectivity index (χ2n) is 9.12. The zero-order chi connectivity index (χ0) is 20.7. The molecule has 1 fully saturated rings. The van der Waals surface area contributed by atoms with Gasteiger partial charge in [0.2, 0.25) is 11.7 Å². The third kappa shape index (κ3) is 6.94. The van der Waals surface area contributed by atoms with Gasteiger partial charge in [0.05, 0.1) is 6.42 Å². The molecule has 158 valence electrons. The van der Waals surface area contributed by atoms with E-state index in [9.17, 15) is 4.79 Å². The Morgan fingerprint density at radius 3 is 2.76 bits per heavy atom. The van der Waals surface area contributed by atoms with Crippen LogP contribution in [0, 0.1) is 5.92 Å². The minimum Gasteiger partial charge on any atom is -0.460 e. The van der Waals surface area contributed by atoms with E-state index in [1.165, 1.54) is 38.5 Å². The second-order valence-corrected chi connectivity index (χ2v) is 9.12. The average Bonchev–Trinajstić information content (AvgIpc) is 3.17. The van der Waals surface area contributed by atoms with Gasteiger partial charge in [0.25, 0.3) is 0 Å². The van der Waals surface area contributed by atoms with Crippen molar-refractivity contribution >= 4 is 5.97 Å². The lowest BCUT2D eigenvalue weighted by Crippen LogP contribution is -2.25. The van der Waals surface area contributed by atoms with Gasteiger partial charge in [-0.3, -0.25) is 9.78 Å². The average molecular weight is 400 g/mol. The van der Waals surface area contributed by atoms with E-state index in [1.807, 2.05) is 32.9 Å². The van der Waals surface area contributed by atoms with Crippen molar-refractivity contribution in [1.82, 2.24) is 15.1 Å². The third-order valence-corrected chi connectivity index (χ3v) is 5.43. The zero-order valence-corrected chi connectivity index (χ0v) is 17.9. The molecule has 1 aliphatic rings. The molecule has 0 saturated heterocycles. The highest BCUT2D eigenvalue weighted by Crippen LogP contribution is 2.32. The molecule has 0 amide bonds. The number of carbonyl (C=O) groups excluding carboxylic acids is 1. The summed E-state index contributed by atoms with van der Waals surface area (Å²) in [6, 6.07) is 3.74. The summed E-state index contributed by atoms with van der Waals surface area (Å²) in [7, 11) is 0. The van der Waals surface area contributed by atoms with Crippen molar-refractivity contribution in [2.75, 3.05) is 0 Å². The maximum Gasteiger partial charge on any atom is 0.307 e. The molecule has 1 unspecified atom stereocenters. The van der Waals surface area contributed by atoms with Crippen molar-refractivity contribution in [3.63, 3.8) is 0 Å². The highest BCUT2D eigenvalue weighted by Gasteiger charge is 2.26. The Balaban J connectivity index is 1.66. The Labute approximate surface area is 173 Å². The fourth-order valence-electron chi connectivity index (χ4n) is 4.04. The van der Waals surface area contributed by atoms with E-state index in [0.29, 0.717) is 11.7 Å². The minimum absolute atomic E-state index is 0.119. The molecule has 1 aliphatic carbocycles. The number of nitrogens with zero attached hydrogens (tertiary/aromatic N) is 3. The molecule has 0 aromatic carbocycles. The van der Waals surface area contributed by atoms with E-state index in [4.69, 9.17) is 9.26 Å². The van der Waals surface area contributed by atoms with E-state index in [-0.39, 0.29) is 18.3 Å². The van der Waals surface area contributed by atoms with Gasteiger partial charge in [0.15, 0.2) is 0 Å². The Hall–Kier alpha value is -2.24. The fourth-order valence-corrected chi connectivity index (χ4v) is 4.04. The molecule has 6 heteroatoms. The first kappa shape index (κ1) is 21.5. The van der Waals surface area contributed by atoms with Gasteiger partial charge >= 0.3 is 5.97 Å². The molecular weight excluding hydrogens is 366 g/mol. The molecule has 2 aromatic heterocycles. The summed E-state index contributed by atoms with van der Waals surface area (Å²) in [5.74, 6) is 1.50. The van der Waals surface area contributed by atoms with Crippen LogP contribution in [0.25, 0.3) is 11.4 Å². The van der Waals surface area contributed by atoms with Crippen LogP contribution in [0.3, 0.4) is 0 Å². The molecule has 0 bridgehead atoms. The first-order valence-corrected chi connectivity index (χ1v) is 10.9. The molecule has 3 rings (SSSR count). The molecule has 29 heavy (non-hydrogen) atoms. The summed E-state index contributed by atoms with van der Waals surface area (Å²) in [5, 5.41) is 4.11. The predicted molar refractivity (Wildman–Crippen MR) is 111 cm³/mol. The van der Waals surface area contributed by atoms with Crippen molar-refractivity contribution in [3.8, 4) is 11.4 Å². The van der Waals surface area contributed by atoms with E-state index < -0.39 is 5.60 Å². The number of carbonyl (C=O) groups is 1. The SMILES string of the molecule is CC(C)(C)OC(=O)CC(CCCC1CCCCC1)c1nc(-c2cccnc2)no1. The minimum atomic E-state index is -0.501. The Bertz CT molecular complexity index is 761. The lowest BCUT2D eigenvalue weighted by Gasteiger charge is -2.23. The molecular formula is C23H33N3O3. The molecule has 6 nitrogen and oxygen atoms in total. The summed E-state index contributed by atoms with van der Waals surface area (Å²) in [6.45, 7) is 5.66. The first-order chi connectivity index (χ1) is 13.9. The molecule has 0 N–H and O–H groups in total. The Kier molecular flexibility index (Phi) is 7.40. The molecule has 1 atom stereocenters. The quantitative estimate of drug-likeness (QED) is 0.530. The highest BCUT2D eigenvalue weighted by atomic mass is 16.6. The Morgan fingerprint density at radius 1 is 1.28 bits per heavy atom. The van der Waals surface area contributed by atoms with E-state index >= 15 is 0 Å². The van der Waals surface area contributed by atoms with Crippen molar-refractivity contribution in [2.24, 2.45) is 5.92 Å². The van der Waals surface area contributed by atoms with Gasteiger partial charge in [-0.25, -0.2) is 0 Å². The summed E-state index contributed by atoms with van der Waals surface area (Å²) in [4.78, 5) is 21.1. The van der Waals surface area contributed by atoms with E-state index in [2.05, 4.69) is 15.1 Å². The number of hydrogen-bond acceptors (Lipinski definition) is 6. The van der Waals surface area contributed by atoms with Crippen LogP contribution in [0.1, 0.15) is 90.4 Å². The lowest BCUT2D eigenvalue weighted by atomic mass is 9.84. The summed E-state index contributed by atoms with van der Waals surface area (Å²) < 4.78 is 11.1. The van der Waals surface area contributed by atoms with Crippen LogP contribution in [0.4, 0.5) is 0 Å². The standard InChI is InChI=1S/C23H33N3O3/c1-23(2,3)28-20(27)15-18(12-7-11-17-9-5-4-6-10-17)22-25-21(26-29-22)19-13-8-14-24-16-19/h8,13-14,16-18H,4-7,9-12,15H2,1-3H3. The van der Waals surface area contributed by atoms with E-state index in [1.54, 1.807) is 12.4 Å². The van der Waals surface area contributed by atoms with Crippen LogP contribution in [0.15, 0.2) is 29.0 Å². The zero-order valence-electron chi connectivity index (χ0n) is 17.9. The van der Waals surface area contributed by atoms with Crippen molar-refractivity contribution in [3.05, 3.63) is 30.4 Å². The van der Waals surface area contributed by atoms with Crippen LogP contribution in [0.5, 0.6) is 0 Å². The van der Waals surface area contributed by atoms with Gasteiger partial charge in [-0.2, -0.15) is 4.98 Å². The number of ether oxygens (including phenoxy) is 1. The van der Waals surface area contributed by atoms with Crippen LogP contribution in [-0.4, -0.2) is 26.7 Å². The van der Waals surface area contributed by atoms with Gasteiger partial charge in [-0.1, -0.05) is 50.1 Å². The van der Waals surface area contributed by atoms with Crippen LogP contribution >= 0.6 is 0 Å². The van der Waals surface area contributed by atoms with Crippen molar-refractivity contribution < 1.29 is 14.1 Å². The normalized spacial score (nSPS) is 16.5. The summed E-state index contributed by atoms with van der Waals surface area (Å²) in [6.07, 6.45) is 13.5. The molecule has 0 aliphatic heterocycles. The maximum atomic E-state index is 12.5. The van der Waals surface area contributed by atoms with Gasteiger partial charge in [-0.05, 0) is 45.2 Å². The predicted octanol–water partition coefficient (Wildman–Crippen LogP) is 5.70. The fraction of sp³-hybridized carbons (Fsp3) is 0.652. The van der Waals surface area contributed by atoms with Crippen LogP contribution in [0.2, 0.25) is 0 Å².